The molecule has 22 heavy (non-hydrogen) atoms. The van der Waals surface area contributed by atoms with Crippen LogP contribution in [-0.4, -0.2) is 8.42 Å². The lowest BCUT2D eigenvalue weighted by atomic mass is 9.98. The van der Waals surface area contributed by atoms with Crippen LogP contribution in [0.2, 0.25) is 0 Å². The van der Waals surface area contributed by atoms with Gasteiger partial charge < -0.3 is 4.18 Å². The number of allylic oxidation sites excluding steroid dienone is 1. The summed E-state index contributed by atoms with van der Waals surface area (Å²) in [5, 5.41) is 0. The summed E-state index contributed by atoms with van der Waals surface area (Å²) >= 11 is 0. The SMILES string of the molecule is O=S(=O)(Oc1ccc(F)c(F)c1)C1=Cc2ccccc2CC1. The Morgan fingerprint density at radius 3 is 2.50 bits per heavy atom. The van der Waals surface area contributed by atoms with Crippen molar-refractivity contribution in [3.8, 4) is 5.75 Å². The lowest BCUT2D eigenvalue weighted by Crippen LogP contribution is -2.15. The first-order valence-corrected chi connectivity index (χ1v) is 8.04. The van der Waals surface area contributed by atoms with E-state index in [2.05, 4.69) is 0 Å². The minimum atomic E-state index is -4.04. The normalized spacial score (nSPS) is 14.2. The quantitative estimate of drug-likeness (QED) is 0.810. The summed E-state index contributed by atoms with van der Waals surface area (Å²) in [6.07, 6.45) is 2.44. The maximum atomic E-state index is 13.1. The Labute approximate surface area is 127 Å². The van der Waals surface area contributed by atoms with Crippen LogP contribution in [-0.2, 0) is 16.5 Å². The topological polar surface area (TPSA) is 43.4 Å². The fraction of sp³-hybridized carbons (Fsp3) is 0.125. The van der Waals surface area contributed by atoms with Crippen LogP contribution >= 0.6 is 0 Å². The smallest absolute Gasteiger partial charge is 0.335 e. The molecule has 3 rings (SSSR count). The fourth-order valence-corrected chi connectivity index (χ4v) is 3.40. The fourth-order valence-electron chi connectivity index (χ4n) is 2.31. The third kappa shape index (κ3) is 2.87. The van der Waals surface area contributed by atoms with Crippen LogP contribution in [0.3, 0.4) is 0 Å². The lowest BCUT2D eigenvalue weighted by Gasteiger charge is -2.16. The summed E-state index contributed by atoms with van der Waals surface area (Å²) in [7, 11) is -4.04. The third-order valence-corrected chi connectivity index (χ3v) is 4.81. The number of benzene rings is 2. The molecule has 1 aliphatic rings. The summed E-state index contributed by atoms with van der Waals surface area (Å²) in [6.45, 7) is 0. The van der Waals surface area contributed by atoms with Crippen LogP contribution in [0.1, 0.15) is 17.5 Å². The minimum Gasteiger partial charge on any atom is -0.379 e. The molecular formula is C16H12F2O3S. The predicted octanol–water partition coefficient (Wildman–Crippen LogP) is 3.66. The molecule has 0 saturated heterocycles. The standard InChI is InChI=1S/C16H12F2O3S/c17-15-8-6-13(10-16(15)18)21-22(19,20)14-7-5-11-3-1-2-4-12(11)9-14/h1-4,6,8-10H,5,7H2. The minimum absolute atomic E-state index is 0.121. The van der Waals surface area contributed by atoms with Crippen LogP contribution in [0.5, 0.6) is 5.75 Å². The van der Waals surface area contributed by atoms with Gasteiger partial charge in [0, 0.05) is 6.07 Å². The second-order valence-electron chi connectivity index (χ2n) is 4.92. The molecule has 0 unspecified atom stereocenters. The molecule has 2 aromatic rings. The van der Waals surface area contributed by atoms with Gasteiger partial charge in [-0.2, -0.15) is 8.42 Å². The second kappa shape index (κ2) is 5.53. The largest absolute Gasteiger partial charge is 0.379 e. The zero-order valence-corrected chi connectivity index (χ0v) is 12.2. The van der Waals surface area contributed by atoms with E-state index in [4.69, 9.17) is 4.18 Å². The first-order chi connectivity index (χ1) is 10.5. The highest BCUT2D eigenvalue weighted by molar-refractivity contribution is 7.91. The van der Waals surface area contributed by atoms with Gasteiger partial charge in [-0.3, -0.25) is 0 Å². The van der Waals surface area contributed by atoms with E-state index in [1.165, 1.54) is 0 Å². The molecule has 0 radical (unpaired) electrons. The van der Waals surface area contributed by atoms with E-state index < -0.39 is 21.8 Å². The lowest BCUT2D eigenvalue weighted by molar-refractivity contribution is 0.476. The van der Waals surface area contributed by atoms with Crippen molar-refractivity contribution in [2.45, 2.75) is 12.8 Å². The first-order valence-electron chi connectivity index (χ1n) is 6.64. The highest BCUT2D eigenvalue weighted by Gasteiger charge is 2.24. The summed E-state index contributed by atoms with van der Waals surface area (Å²) in [5.41, 5.74) is 1.88. The summed E-state index contributed by atoms with van der Waals surface area (Å²) < 4.78 is 55.4. The van der Waals surface area contributed by atoms with E-state index in [0.717, 1.165) is 23.3 Å². The van der Waals surface area contributed by atoms with Gasteiger partial charge in [-0.05, 0) is 42.2 Å². The Morgan fingerprint density at radius 2 is 1.73 bits per heavy atom. The zero-order valence-electron chi connectivity index (χ0n) is 11.4. The average molecular weight is 322 g/mol. The molecule has 3 nitrogen and oxygen atoms in total. The van der Waals surface area contributed by atoms with Crippen molar-refractivity contribution >= 4 is 16.2 Å². The molecule has 1 aliphatic carbocycles. The van der Waals surface area contributed by atoms with Gasteiger partial charge in [0.05, 0.1) is 4.91 Å². The van der Waals surface area contributed by atoms with Crippen molar-refractivity contribution in [3.05, 3.63) is 70.1 Å². The van der Waals surface area contributed by atoms with Crippen molar-refractivity contribution in [1.82, 2.24) is 0 Å². The molecule has 0 fully saturated rings. The molecule has 0 aromatic heterocycles. The molecule has 0 aliphatic heterocycles. The van der Waals surface area contributed by atoms with Crippen molar-refractivity contribution in [1.29, 1.82) is 0 Å². The highest BCUT2D eigenvalue weighted by Crippen LogP contribution is 2.29. The van der Waals surface area contributed by atoms with E-state index in [9.17, 15) is 17.2 Å². The van der Waals surface area contributed by atoms with Crippen LogP contribution in [0, 0.1) is 11.6 Å². The maximum absolute atomic E-state index is 13.1. The number of hydrogen-bond acceptors (Lipinski definition) is 3. The third-order valence-electron chi connectivity index (χ3n) is 3.43. The number of rotatable bonds is 3. The highest BCUT2D eigenvalue weighted by atomic mass is 32.2. The Hall–Kier alpha value is -2.21. The van der Waals surface area contributed by atoms with E-state index in [0.29, 0.717) is 18.9 Å². The Bertz CT molecular complexity index is 857. The van der Waals surface area contributed by atoms with Crippen LogP contribution in [0.4, 0.5) is 8.78 Å². The molecule has 6 heteroatoms. The van der Waals surface area contributed by atoms with E-state index in [1.54, 1.807) is 6.08 Å². The van der Waals surface area contributed by atoms with Gasteiger partial charge in [0.15, 0.2) is 11.6 Å². The maximum Gasteiger partial charge on any atom is 0.335 e. The van der Waals surface area contributed by atoms with E-state index in [-0.39, 0.29) is 10.7 Å². The predicted molar refractivity (Wildman–Crippen MR) is 78.6 cm³/mol. The van der Waals surface area contributed by atoms with E-state index in [1.807, 2.05) is 24.3 Å². The second-order valence-corrected chi connectivity index (χ2v) is 6.52. The van der Waals surface area contributed by atoms with Gasteiger partial charge in [0.2, 0.25) is 0 Å². The molecule has 0 spiro atoms. The molecule has 114 valence electrons. The molecule has 0 N–H and O–H groups in total. The summed E-state index contributed by atoms with van der Waals surface area (Å²) in [4.78, 5) is 0.121. The van der Waals surface area contributed by atoms with Crippen molar-refractivity contribution in [3.63, 3.8) is 0 Å². The number of fused-ring (bicyclic) bond motifs is 1. The zero-order chi connectivity index (χ0) is 15.7. The van der Waals surface area contributed by atoms with Crippen LogP contribution in [0.15, 0.2) is 47.4 Å². The van der Waals surface area contributed by atoms with Gasteiger partial charge in [-0.25, -0.2) is 8.78 Å². The molecular weight excluding hydrogens is 310 g/mol. The van der Waals surface area contributed by atoms with Gasteiger partial charge in [0.25, 0.3) is 0 Å². The van der Waals surface area contributed by atoms with Gasteiger partial charge in [-0.1, -0.05) is 24.3 Å². The van der Waals surface area contributed by atoms with Crippen molar-refractivity contribution < 1.29 is 21.4 Å². The average Bonchev–Trinajstić information content (AvgIpc) is 2.50. The molecule has 0 bridgehead atoms. The molecule has 0 amide bonds. The van der Waals surface area contributed by atoms with Gasteiger partial charge >= 0.3 is 10.1 Å². The van der Waals surface area contributed by atoms with Crippen molar-refractivity contribution in [2.24, 2.45) is 0 Å². The Morgan fingerprint density at radius 1 is 0.955 bits per heavy atom. The van der Waals surface area contributed by atoms with E-state index >= 15 is 0 Å². The molecule has 2 aromatic carbocycles. The van der Waals surface area contributed by atoms with Crippen LogP contribution < -0.4 is 4.18 Å². The van der Waals surface area contributed by atoms with Gasteiger partial charge in [-0.15, -0.1) is 0 Å². The summed E-state index contributed by atoms with van der Waals surface area (Å²) in [5.74, 6) is -2.47. The Kier molecular flexibility index (Phi) is 3.70. The molecule has 0 saturated carbocycles. The summed E-state index contributed by atoms with van der Waals surface area (Å²) in [6, 6.07) is 10.1. The molecule has 0 heterocycles. The Balaban J connectivity index is 1.91. The number of hydrogen-bond donors (Lipinski definition) is 0. The van der Waals surface area contributed by atoms with Crippen LogP contribution in [0.25, 0.3) is 6.08 Å². The number of halogens is 2. The van der Waals surface area contributed by atoms with Crippen molar-refractivity contribution in [2.75, 3.05) is 0 Å². The molecule has 0 atom stereocenters. The first kappa shape index (κ1) is 14.7. The van der Waals surface area contributed by atoms with Gasteiger partial charge in [0.1, 0.15) is 5.75 Å². The number of aryl methyl sites for hydroxylation is 1. The monoisotopic (exact) mass is 322 g/mol.